The van der Waals surface area contributed by atoms with Crippen LogP contribution in [0.5, 0.6) is 5.75 Å². The molecule has 1 heterocycles. The summed E-state index contributed by atoms with van der Waals surface area (Å²) in [4.78, 5) is 12.0. The minimum Gasteiger partial charge on any atom is -0.493 e. The number of hydrogen-bond donors (Lipinski definition) is 1. The first-order valence-electron chi connectivity index (χ1n) is 5.92. The van der Waals surface area contributed by atoms with Gasteiger partial charge in [0, 0.05) is 22.8 Å². The SMILES string of the molecule is CCNC(=O)C1CCOc2ccc(S(=O)(=O)Cl)cc21. The number of benzene rings is 1. The van der Waals surface area contributed by atoms with E-state index in [1.165, 1.54) is 18.2 Å². The molecule has 2 rings (SSSR count). The number of likely N-dealkylation sites (N-methyl/N-ethyl adjacent to an activating group) is 1. The molecule has 0 spiro atoms. The van der Waals surface area contributed by atoms with Crippen molar-refractivity contribution in [3.63, 3.8) is 0 Å². The van der Waals surface area contributed by atoms with Gasteiger partial charge in [-0.05, 0) is 31.5 Å². The van der Waals surface area contributed by atoms with Crippen molar-refractivity contribution in [2.24, 2.45) is 0 Å². The molecule has 0 saturated carbocycles. The lowest BCUT2D eigenvalue weighted by Gasteiger charge is -2.25. The van der Waals surface area contributed by atoms with E-state index in [0.717, 1.165) is 0 Å². The summed E-state index contributed by atoms with van der Waals surface area (Å²) in [5.74, 6) is 0.00445. The van der Waals surface area contributed by atoms with Gasteiger partial charge in [-0.15, -0.1) is 0 Å². The Morgan fingerprint density at radius 2 is 2.26 bits per heavy atom. The molecule has 1 aromatic rings. The van der Waals surface area contributed by atoms with Crippen LogP contribution in [0.15, 0.2) is 23.1 Å². The van der Waals surface area contributed by atoms with E-state index in [4.69, 9.17) is 15.4 Å². The van der Waals surface area contributed by atoms with Crippen molar-refractivity contribution >= 4 is 25.6 Å². The molecule has 0 fully saturated rings. The van der Waals surface area contributed by atoms with Crippen LogP contribution in [0.4, 0.5) is 0 Å². The molecule has 1 aliphatic heterocycles. The molecule has 0 saturated heterocycles. The first-order chi connectivity index (χ1) is 8.93. The zero-order chi connectivity index (χ0) is 14.0. The molecular weight excluding hydrogens is 290 g/mol. The molecule has 1 amide bonds. The summed E-state index contributed by atoms with van der Waals surface area (Å²) in [5.41, 5.74) is 0.568. The van der Waals surface area contributed by atoms with Gasteiger partial charge in [0.15, 0.2) is 0 Å². The van der Waals surface area contributed by atoms with E-state index in [1.54, 1.807) is 0 Å². The number of carbonyl (C=O) groups is 1. The number of nitrogens with one attached hydrogen (secondary N) is 1. The molecule has 1 N–H and O–H groups in total. The minimum atomic E-state index is -3.81. The molecule has 0 radical (unpaired) electrons. The second kappa shape index (κ2) is 5.38. The van der Waals surface area contributed by atoms with Crippen molar-refractivity contribution in [3.8, 4) is 5.75 Å². The minimum absolute atomic E-state index is 0.0206. The zero-order valence-electron chi connectivity index (χ0n) is 10.3. The third-order valence-electron chi connectivity index (χ3n) is 2.97. The molecule has 1 aromatic carbocycles. The van der Waals surface area contributed by atoms with E-state index in [-0.39, 0.29) is 10.8 Å². The van der Waals surface area contributed by atoms with Gasteiger partial charge in [0.2, 0.25) is 5.91 Å². The summed E-state index contributed by atoms with van der Waals surface area (Å²) in [6, 6.07) is 4.33. The third kappa shape index (κ3) is 3.01. The fourth-order valence-corrected chi connectivity index (χ4v) is 2.88. The topological polar surface area (TPSA) is 72.5 Å². The first kappa shape index (κ1) is 14.1. The lowest BCUT2D eigenvalue weighted by Crippen LogP contribution is -2.32. The lowest BCUT2D eigenvalue weighted by molar-refractivity contribution is -0.123. The maximum Gasteiger partial charge on any atom is 0.261 e. The van der Waals surface area contributed by atoms with E-state index in [9.17, 15) is 13.2 Å². The summed E-state index contributed by atoms with van der Waals surface area (Å²) >= 11 is 0. The highest BCUT2D eigenvalue weighted by atomic mass is 35.7. The molecule has 19 heavy (non-hydrogen) atoms. The van der Waals surface area contributed by atoms with E-state index in [0.29, 0.717) is 30.9 Å². The van der Waals surface area contributed by atoms with Crippen LogP contribution in [0, 0.1) is 0 Å². The van der Waals surface area contributed by atoms with E-state index >= 15 is 0 Å². The predicted octanol–water partition coefficient (Wildman–Crippen LogP) is 1.62. The number of carbonyl (C=O) groups excluding carboxylic acids is 1. The number of ether oxygens (including phenoxy) is 1. The highest BCUT2D eigenvalue weighted by molar-refractivity contribution is 8.13. The van der Waals surface area contributed by atoms with Gasteiger partial charge < -0.3 is 10.1 Å². The van der Waals surface area contributed by atoms with Crippen LogP contribution in [0.1, 0.15) is 24.8 Å². The summed E-state index contributed by atoms with van der Waals surface area (Å²) in [7, 11) is 1.51. The Morgan fingerprint density at radius 1 is 1.53 bits per heavy atom. The Kier molecular flexibility index (Phi) is 4.01. The smallest absolute Gasteiger partial charge is 0.261 e. The maximum atomic E-state index is 12.0. The first-order valence-corrected chi connectivity index (χ1v) is 8.23. The van der Waals surface area contributed by atoms with Crippen molar-refractivity contribution in [1.29, 1.82) is 0 Å². The van der Waals surface area contributed by atoms with E-state index in [1.807, 2.05) is 6.92 Å². The van der Waals surface area contributed by atoms with Crippen molar-refractivity contribution in [3.05, 3.63) is 23.8 Å². The van der Waals surface area contributed by atoms with Gasteiger partial charge in [0.1, 0.15) is 5.75 Å². The van der Waals surface area contributed by atoms with Gasteiger partial charge in [-0.3, -0.25) is 4.79 Å². The predicted molar refractivity (Wildman–Crippen MR) is 71.0 cm³/mol. The molecule has 7 heteroatoms. The molecule has 104 valence electrons. The van der Waals surface area contributed by atoms with Crippen LogP contribution in [0.3, 0.4) is 0 Å². The van der Waals surface area contributed by atoms with Crippen molar-refractivity contribution in [2.75, 3.05) is 13.2 Å². The van der Waals surface area contributed by atoms with Gasteiger partial charge >= 0.3 is 0 Å². The average Bonchev–Trinajstić information content (AvgIpc) is 2.36. The summed E-state index contributed by atoms with van der Waals surface area (Å²) in [6.45, 7) is 2.79. The highest BCUT2D eigenvalue weighted by Crippen LogP contribution is 2.36. The molecular formula is C12H14ClNO4S. The van der Waals surface area contributed by atoms with Gasteiger partial charge in [0.25, 0.3) is 9.05 Å². The molecule has 1 atom stereocenters. The van der Waals surface area contributed by atoms with Crippen LogP contribution < -0.4 is 10.1 Å². The fraction of sp³-hybridized carbons (Fsp3) is 0.417. The van der Waals surface area contributed by atoms with Crippen LogP contribution in [0.25, 0.3) is 0 Å². The second-order valence-corrected chi connectivity index (χ2v) is 6.79. The quantitative estimate of drug-likeness (QED) is 0.861. The Labute approximate surface area is 116 Å². The molecule has 1 aliphatic rings. The molecule has 5 nitrogen and oxygen atoms in total. The number of halogens is 1. The molecule has 0 aliphatic carbocycles. The van der Waals surface area contributed by atoms with E-state index < -0.39 is 15.0 Å². The van der Waals surface area contributed by atoms with Gasteiger partial charge in [-0.25, -0.2) is 8.42 Å². The van der Waals surface area contributed by atoms with Crippen molar-refractivity contribution < 1.29 is 17.9 Å². The van der Waals surface area contributed by atoms with Gasteiger partial charge in [-0.1, -0.05) is 0 Å². The average molecular weight is 304 g/mol. The number of amides is 1. The highest BCUT2D eigenvalue weighted by Gasteiger charge is 2.28. The molecule has 0 bridgehead atoms. The van der Waals surface area contributed by atoms with E-state index in [2.05, 4.69) is 5.32 Å². The number of hydrogen-bond acceptors (Lipinski definition) is 4. The monoisotopic (exact) mass is 303 g/mol. The van der Waals surface area contributed by atoms with Crippen LogP contribution in [0.2, 0.25) is 0 Å². The van der Waals surface area contributed by atoms with Crippen LogP contribution in [-0.2, 0) is 13.8 Å². The van der Waals surface area contributed by atoms with Crippen LogP contribution in [-0.4, -0.2) is 27.5 Å². The summed E-state index contributed by atoms with van der Waals surface area (Å²) in [5, 5.41) is 2.74. The fourth-order valence-electron chi connectivity index (χ4n) is 2.09. The molecule has 1 unspecified atom stereocenters. The Balaban J connectivity index is 2.44. The van der Waals surface area contributed by atoms with Crippen molar-refractivity contribution in [2.45, 2.75) is 24.2 Å². The van der Waals surface area contributed by atoms with Crippen molar-refractivity contribution in [1.82, 2.24) is 5.32 Å². The van der Waals surface area contributed by atoms with Gasteiger partial charge in [-0.2, -0.15) is 0 Å². The Hall–Kier alpha value is -1.27. The van der Waals surface area contributed by atoms with Gasteiger partial charge in [0.05, 0.1) is 17.4 Å². The summed E-state index contributed by atoms with van der Waals surface area (Å²) < 4.78 is 28.1. The normalized spacial score (nSPS) is 18.3. The van der Waals surface area contributed by atoms with Crippen LogP contribution >= 0.6 is 10.7 Å². The largest absolute Gasteiger partial charge is 0.493 e. The summed E-state index contributed by atoms with van der Waals surface area (Å²) in [6.07, 6.45) is 0.518. The Bertz CT molecular complexity index is 600. The standard InChI is InChI=1S/C12H14ClNO4S/c1-2-14-12(15)9-5-6-18-11-4-3-8(7-10(9)11)19(13,16)17/h3-4,7,9H,2,5-6H2,1H3,(H,14,15). The molecule has 0 aromatic heterocycles. The second-order valence-electron chi connectivity index (χ2n) is 4.22. The Morgan fingerprint density at radius 3 is 2.89 bits per heavy atom. The third-order valence-corrected chi connectivity index (χ3v) is 4.32. The zero-order valence-corrected chi connectivity index (χ0v) is 11.9. The number of fused-ring (bicyclic) bond motifs is 1. The maximum absolute atomic E-state index is 12.0. The number of rotatable bonds is 3. The lowest BCUT2D eigenvalue weighted by atomic mass is 9.92.